The highest BCUT2D eigenvalue weighted by Gasteiger charge is 2.16. The number of ketones is 1. The quantitative estimate of drug-likeness (QED) is 0.818. The van der Waals surface area contributed by atoms with Crippen LogP contribution in [0.3, 0.4) is 0 Å². The van der Waals surface area contributed by atoms with Crippen molar-refractivity contribution in [2.45, 2.75) is 4.90 Å². The SMILES string of the molecule is CS(=O)(=O)c1cccc(C(=O)c2ccc(F)cc2F)c1. The maximum absolute atomic E-state index is 13.5. The van der Waals surface area contributed by atoms with Crippen molar-refractivity contribution in [1.82, 2.24) is 0 Å². The van der Waals surface area contributed by atoms with E-state index in [1.54, 1.807) is 0 Å². The number of benzene rings is 2. The molecule has 104 valence electrons. The first-order chi connectivity index (χ1) is 9.29. The van der Waals surface area contributed by atoms with Gasteiger partial charge in [0.05, 0.1) is 10.5 Å². The fourth-order valence-electron chi connectivity index (χ4n) is 1.70. The summed E-state index contributed by atoms with van der Waals surface area (Å²) in [6, 6.07) is 7.88. The molecule has 3 nitrogen and oxygen atoms in total. The Morgan fingerprint density at radius 2 is 1.75 bits per heavy atom. The molecule has 0 bridgehead atoms. The third-order valence-electron chi connectivity index (χ3n) is 2.70. The Morgan fingerprint density at radius 3 is 2.35 bits per heavy atom. The number of rotatable bonds is 3. The van der Waals surface area contributed by atoms with Crippen molar-refractivity contribution < 1.29 is 22.0 Å². The molecule has 6 heteroatoms. The first kappa shape index (κ1) is 14.3. The molecule has 0 fully saturated rings. The van der Waals surface area contributed by atoms with E-state index in [9.17, 15) is 22.0 Å². The summed E-state index contributed by atoms with van der Waals surface area (Å²) in [5.74, 6) is -2.48. The Kier molecular flexibility index (Phi) is 3.67. The Hall–Kier alpha value is -2.08. The van der Waals surface area contributed by atoms with E-state index >= 15 is 0 Å². The van der Waals surface area contributed by atoms with Gasteiger partial charge in [0.1, 0.15) is 11.6 Å². The molecule has 0 radical (unpaired) electrons. The molecule has 0 aliphatic heterocycles. The molecule has 0 atom stereocenters. The molecule has 2 aromatic rings. The van der Waals surface area contributed by atoms with Crippen LogP contribution >= 0.6 is 0 Å². The van der Waals surface area contributed by atoms with E-state index in [0.717, 1.165) is 18.4 Å². The molecule has 0 unspecified atom stereocenters. The molecule has 0 aliphatic rings. The van der Waals surface area contributed by atoms with E-state index in [0.29, 0.717) is 6.07 Å². The van der Waals surface area contributed by atoms with E-state index < -0.39 is 27.3 Å². The minimum Gasteiger partial charge on any atom is -0.288 e. The molecule has 0 saturated carbocycles. The Balaban J connectivity index is 2.49. The molecule has 0 N–H and O–H groups in total. The van der Waals surface area contributed by atoms with Crippen LogP contribution in [-0.2, 0) is 9.84 Å². The average Bonchev–Trinajstić information content (AvgIpc) is 2.37. The van der Waals surface area contributed by atoms with Crippen molar-refractivity contribution in [2.75, 3.05) is 6.26 Å². The minimum absolute atomic E-state index is 0.0263. The van der Waals surface area contributed by atoms with Crippen molar-refractivity contribution in [3.05, 3.63) is 65.2 Å². The lowest BCUT2D eigenvalue weighted by Gasteiger charge is -2.05. The molecule has 0 heterocycles. The lowest BCUT2D eigenvalue weighted by Crippen LogP contribution is -2.06. The van der Waals surface area contributed by atoms with E-state index in [2.05, 4.69) is 0 Å². The average molecular weight is 296 g/mol. The van der Waals surface area contributed by atoms with Gasteiger partial charge in [0.2, 0.25) is 0 Å². The fourth-order valence-corrected chi connectivity index (χ4v) is 2.36. The summed E-state index contributed by atoms with van der Waals surface area (Å²) in [5, 5.41) is 0. The fraction of sp³-hybridized carbons (Fsp3) is 0.0714. The zero-order valence-corrected chi connectivity index (χ0v) is 11.2. The Morgan fingerprint density at radius 1 is 1.05 bits per heavy atom. The van der Waals surface area contributed by atoms with Crippen LogP contribution in [-0.4, -0.2) is 20.5 Å². The molecular formula is C14H10F2O3S. The third-order valence-corrected chi connectivity index (χ3v) is 3.81. The van der Waals surface area contributed by atoms with Gasteiger partial charge in [-0.3, -0.25) is 4.79 Å². The van der Waals surface area contributed by atoms with Crippen LogP contribution < -0.4 is 0 Å². The van der Waals surface area contributed by atoms with Gasteiger partial charge in [-0.05, 0) is 24.3 Å². The molecule has 0 saturated heterocycles. The van der Waals surface area contributed by atoms with Gasteiger partial charge < -0.3 is 0 Å². The zero-order valence-electron chi connectivity index (χ0n) is 10.4. The molecule has 0 amide bonds. The van der Waals surface area contributed by atoms with Crippen LogP contribution in [0.25, 0.3) is 0 Å². The normalized spacial score (nSPS) is 11.3. The summed E-state index contributed by atoms with van der Waals surface area (Å²) in [7, 11) is -3.46. The number of halogens is 2. The van der Waals surface area contributed by atoms with E-state index in [1.165, 1.54) is 24.3 Å². The van der Waals surface area contributed by atoms with Crippen molar-refractivity contribution >= 4 is 15.6 Å². The maximum Gasteiger partial charge on any atom is 0.196 e. The van der Waals surface area contributed by atoms with Crippen LogP contribution in [0.4, 0.5) is 8.78 Å². The standard InChI is InChI=1S/C14H10F2O3S/c1-20(18,19)11-4-2-3-9(7-11)14(17)12-6-5-10(15)8-13(12)16/h2-8H,1H3. The van der Waals surface area contributed by atoms with E-state index in [1.807, 2.05) is 0 Å². The maximum atomic E-state index is 13.5. The van der Waals surface area contributed by atoms with Crippen molar-refractivity contribution in [1.29, 1.82) is 0 Å². The monoisotopic (exact) mass is 296 g/mol. The van der Waals surface area contributed by atoms with Gasteiger partial charge in [0.25, 0.3) is 0 Å². The van der Waals surface area contributed by atoms with Crippen molar-refractivity contribution in [3.63, 3.8) is 0 Å². The summed E-state index contributed by atoms with van der Waals surface area (Å²) >= 11 is 0. The van der Waals surface area contributed by atoms with Gasteiger partial charge in [0.15, 0.2) is 15.6 Å². The van der Waals surface area contributed by atoms with Crippen LogP contribution in [0.5, 0.6) is 0 Å². The highest BCUT2D eigenvalue weighted by atomic mass is 32.2. The van der Waals surface area contributed by atoms with Gasteiger partial charge >= 0.3 is 0 Å². The summed E-state index contributed by atoms with van der Waals surface area (Å²) < 4.78 is 49.2. The second kappa shape index (κ2) is 5.13. The van der Waals surface area contributed by atoms with Gasteiger partial charge in [-0.2, -0.15) is 0 Å². The topological polar surface area (TPSA) is 51.2 Å². The zero-order chi connectivity index (χ0) is 14.9. The summed E-state index contributed by atoms with van der Waals surface area (Å²) in [5.41, 5.74) is -0.282. The molecule has 0 spiro atoms. The lowest BCUT2D eigenvalue weighted by atomic mass is 10.0. The van der Waals surface area contributed by atoms with E-state index in [-0.39, 0.29) is 16.0 Å². The van der Waals surface area contributed by atoms with Crippen molar-refractivity contribution in [2.24, 2.45) is 0 Å². The first-order valence-corrected chi connectivity index (χ1v) is 7.48. The van der Waals surface area contributed by atoms with Crippen LogP contribution in [0.1, 0.15) is 15.9 Å². The van der Waals surface area contributed by atoms with Crippen LogP contribution in [0.15, 0.2) is 47.4 Å². The molecular weight excluding hydrogens is 286 g/mol. The van der Waals surface area contributed by atoms with Gasteiger partial charge in [-0.15, -0.1) is 0 Å². The molecule has 2 aromatic carbocycles. The molecule has 2 rings (SSSR count). The van der Waals surface area contributed by atoms with Crippen LogP contribution in [0, 0.1) is 11.6 Å². The predicted molar refractivity (Wildman–Crippen MR) is 69.3 cm³/mol. The minimum atomic E-state index is -3.46. The smallest absolute Gasteiger partial charge is 0.196 e. The third kappa shape index (κ3) is 2.91. The van der Waals surface area contributed by atoms with Crippen LogP contribution in [0.2, 0.25) is 0 Å². The Labute approximate surface area is 114 Å². The molecule has 0 aromatic heterocycles. The number of hydrogen-bond acceptors (Lipinski definition) is 3. The lowest BCUT2D eigenvalue weighted by molar-refractivity contribution is 0.103. The van der Waals surface area contributed by atoms with E-state index in [4.69, 9.17) is 0 Å². The summed E-state index contributed by atoms with van der Waals surface area (Å²) in [6.45, 7) is 0. The van der Waals surface area contributed by atoms with Crippen molar-refractivity contribution in [3.8, 4) is 0 Å². The number of hydrogen-bond donors (Lipinski definition) is 0. The number of carbonyl (C=O) groups excluding carboxylic acids is 1. The summed E-state index contributed by atoms with van der Waals surface area (Å²) in [4.78, 5) is 12.1. The van der Waals surface area contributed by atoms with Gasteiger partial charge in [0, 0.05) is 17.9 Å². The number of carbonyl (C=O) groups is 1. The second-order valence-corrected chi connectivity index (χ2v) is 6.27. The molecule has 20 heavy (non-hydrogen) atoms. The largest absolute Gasteiger partial charge is 0.288 e. The summed E-state index contributed by atoms with van der Waals surface area (Å²) in [6.07, 6.45) is 1.01. The van der Waals surface area contributed by atoms with Gasteiger partial charge in [-0.1, -0.05) is 12.1 Å². The highest BCUT2D eigenvalue weighted by Crippen LogP contribution is 2.17. The second-order valence-electron chi connectivity index (χ2n) is 4.25. The molecule has 0 aliphatic carbocycles. The predicted octanol–water partition coefficient (Wildman–Crippen LogP) is 2.60. The number of sulfone groups is 1. The highest BCUT2D eigenvalue weighted by molar-refractivity contribution is 7.90. The first-order valence-electron chi connectivity index (χ1n) is 5.59. The Bertz CT molecular complexity index is 783. The van der Waals surface area contributed by atoms with Gasteiger partial charge in [-0.25, -0.2) is 17.2 Å².